The molecule has 8 heteroatoms. The van der Waals surface area contributed by atoms with Crippen LogP contribution in [0, 0.1) is 10.1 Å². The van der Waals surface area contributed by atoms with Crippen molar-refractivity contribution >= 4 is 28.9 Å². The van der Waals surface area contributed by atoms with Crippen LogP contribution in [0.3, 0.4) is 0 Å². The van der Waals surface area contributed by atoms with E-state index in [0.29, 0.717) is 18.8 Å². The third-order valence-electron chi connectivity index (χ3n) is 2.71. The second-order valence-corrected chi connectivity index (χ2v) is 6.21. The molecule has 3 N–H and O–H groups in total. The lowest BCUT2D eigenvalue weighted by atomic mass is 10.1. The normalized spacial score (nSPS) is 11.1. The Hall–Kier alpha value is -1.86. The number of nitrogens with zero attached hydrogens (tertiary/aromatic N) is 1. The lowest BCUT2D eigenvalue weighted by molar-refractivity contribution is -0.384. The Morgan fingerprint density at radius 2 is 2.00 bits per heavy atom. The second-order valence-electron chi connectivity index (χ2n) is 5.80. The lowest BCUT2D eigenvalue weighted by Crippen LogP contribution is -2.44. The van der Waals surface area contributed by atoms with E-state index in [2.05, 4.69) is 16.0 Å². The summed E-state index contributed by atoms with van der Waals surface area (Å²) >= 11 is 5.95. The van der Waals surface area contributed by atoms with Gasteiger partial charge >= 0.3 is 0 Å². The Morgan fingerprint density at radius 1 is 1.32 bits per heavy atom. The zero-order valence-electron chi connectivity index (χ0n) is 12.9. The van der Waals surface area contributed by atoms with E-state index in [1.54, 1.807) is 6.07 Å². The van der Waals surface area contributed by atoms with Crippen molar-refractivity contribution in [1.82, 2.24) is 10.6 Å². The van der Waals surface area contributed by atoms with Gasteiger partial charge in [0.25, 0.3) is 5.69 Å². The van der Waals surface area contributed by atoms with Crippen LogP contribution in [-0.2, 0) is 4.79 Å². The Bertz CT molecular complexity index is 543. The van der Waals surface area contributed by atoms with Crippen LogP contribution >= 0.6 is 11.6 Å². The van der Waals surface area contributed by atoms with Crippen molar-refractivity contribution < 1.29 is 9.72 Å². The van der Waals surface area contributed by atoms with Crippen LogP contribution < -0.4 is 16.0 Å². The first-order valence-electron chi connectivity index (χ1n) is 6.88. The van der Waals surface area contributed by atoms with E-state index >= 15 is 0 Å². The molecule has 22 heavy (non-hydrogen) atoms. The number of nitro groups is 1. The standard InChI is InChI=1S/C14H21ClN4O3/c1-14(2,3)18-9-13(20)17-7-6-16-12-5-4-10(19(21)22)8-11(12)15/h4-5,8,16,18H,6-7,9H2,1-3H3,(H,17,20). The smallest absolute Gasteiger partial charge is 0.271 e. The Morgan fingerprint density at radius 3 is 2.55 bits per heavy atom. The van der Waals surface area contributed by atoms with Crippen LogP contribution in [0.15, 0.2) is 18.2 Å². The van der Waals surface area contributed by atoms with E-state index in [1.807, 2.05) is 20.8 Å². The molecule has 0 aliphatic rings. The molecule has 1 aromatic rings. The molecule has 0 aliphatic carbocycles. The number of anilines is 1. The van der Waals surface area contributed by atoms with Gasteiger partial charge in [-0.2, -0.15) is 0 Å². The molecule has 7 nitrogen and oxygen atoms in total. The molecule has 0 spiro atoms. The molecule has 1 aromatic carbocycles. The SMILES string of the molecule is CC(C)(C)NCC(=O)NCCNc1ccc([N+](=O)[O-])cc1Cl. The van der Waals surface area contributed by atoms with Gasteiger partial charge in [0.1, 0.15) is 0 Å². The summed E-state index contributed by atoms with van der Waals surface area (Å²) in [5, 5.41) is 19.7. The first-order valence-corrected chi connectivity index (χ1v) is 7.26. The van der Waals surface area contributed by atoms with Gasteiger partial charge in [-0.15, -0.1) is 0 Å². The van der Waals surface area contributed by atoms with Crippen LogP contribution in [0.2, 0.25) is 5.02 Å². The second kappa shape index (κ2) is 7.95. The number of benzene rings is 1. The van der Waals surface area contributed by atoms with Crippen molar-refractivity contribution in [3.05, 3.63) is 33.3 Å². The number of rotatable bonds is 7. The topological polar surface area (TPSA) is 96.3 Å². The van der Waals surface area contributed by atoms with Gasteiger partial charge in [0.2, 0.25) is 5.91 Å². The summed E-state index contributed by atoms with van der Waals surface area (Å²) < 4.78 is 0. The summed E-state index contributed by atoms with van der Waals surface area (Å²) in [6.07, 6.45) is 0. The minimum Gasteiger partial charge on any atom is -0.382 e. The summed E-state index contributed by atoms with van der Waals surface area (Å²) in [5.74, 6) is -0.0912. The third-order valence-corrected chi connectivity index (χ3v) is 3.02. The predicted molar refractivity (Wildman–Crippen MR) is 87.4 cm³/mol. The number of nitrogens with one attached hydrogen (secondary N) is 3. The average molecular weight is 329 g/mol. The van der Waals surface area contributed by atoms with Gasteiger partial charge in [-0.1, -0.05) is 11.6 Å². The number of non-ortho nitro benzene ring substituents is 1. The number of amides is 1. The molecule has 0 unspecified atom stereocenters. The van der Waals surface area contributed by atoms with E-state index < -0.39 is 4.92 Å². The van der Waals surface area contributed by atoms with Crippen molar-refractivity contribution in [2.75, 3.05) is 25.0 Å². The fourth-order valence-corrected chi connectivity index (χ4v) is 1.81. The molecule has 0 aromatic heterocycles. The highest BCUT2D eigenvalue weighted by atomic mass is 35.5. The molecule has 0 saturated heterocycles. The van der Waals surface area contributed by atoms with Crippen molar-refractivity contribution in [1.29, 1.82) is 0 Å². The van der Waals surface area contributed by atoms with Crippen molar-refractivity contribution in [2.45, 2.75) is 26.3 Å². The van der Waals surface area contributed by atoms with E-state index in [1.165, 1.54) is 12.1 Å². The molecule has 0 fully saturated rings. The minimum absolute atomic E-state index is 0.0582. The van der Waals surface area contributed by atoms with Gasteiger partial charge in [-0.3, -0.25) is 14.9 Å². The first-order chi connectivity index (χ1) is 10.2. The van der Waals surface area contributed by atoms with Crippen LogP contribution in [0.25, 0.3) is 0 Å². The summed E-state index contributed by atoms with van der Waals surface area (Å²) in [5.41, 5.74) is 0.424. The average Bonchev–Trinajstić information content (AvgIpc) is 2.41. The zero-order chi connectivity index (χ0) is 16.8. The number of hydrogen-bond donors (Lipinski definition) is 3. The van der Waals surface area contributed by atoms with Gasteiger partial charge in [0.15, 0.2) is 0 Å². The number of carbonyl (C=O) groups excluding carboxylic acids is 1. The molecular weight excluding hydrogens is 308 g/mol. The molecule has 0 bridgehead atoms. The highest BCUT2D eigenvalue weighted by Gasteiger charge is 2.11. The molecule has 0 radical (unpaired) electrons. The highest BCUT2D eigenvalue weighted by molar-refractivity contribution is 6.33. The van der Waals surface area contributed by atoms with Crippen molar-refractivity contribution in [3.8, 4) is 0 Å². The van der Waals surface area contributed by atoms with Gasteiger partial charge < -0.3 is 16.0 Å². The predicted octanol–water partition coefficient (Wildman–Crippen LogP) is 2.16. The fraction of sp³-hybridized carbons (Fsp3) is 0.500. The summed E-state index contributed by atoms with van der Waals surface area (Å²) in [6.45, 7) is 7.10. The Kier molecular flexibility index (Phi) is 6.58. The maximum atomic E-state index is 11.6. The van der Waals surface area contributed by atoms with Gasteiger partial charge in [-0.05, 0) is 26.8 Å². The third kappa shape index (κ3) is 6.73. The fourth-order valence-electron chi connectivity index (χ4n) is 1.57. The zero-order valence-corrected chi connectivity index (χ0v) is 13.7. The molecule has 1 rings (SSSR count). The highest BCUT2D eigenvalue weighted by Crippen LogP contribution is 2.26. The van der Waals surface area contributed by atoms with Crippen LogP contribution in [0.5, 0.6) is 0 Å². The van der Waals surface area contributed by atoms with Crippen LogP contribution in [0.4, 0.5) is 11.4 Å². The van der Waals surface area contributed by atoms with Crippen molar-refractivity contribution in [2.24, 2.45) is 0 Å². The minimum atomic E-state index is -0.502. The summed E-state index contributed by atoms with van der Waals surface area (Å²) in [4.78, 5) is 21.7. The first kappa shape index (κ1) is 18.2. The molecule has 1 amide bonds. The van der Waals surface area contributed by atoms with Gasteiger partial charge in [-0.25, -0.2) is 0 Å². The summed E-state index contributed by atoms with van der Waals surface area (Å²) in [7, 11) is 0. The Balaban J connectivity index is 2.33. The number of nitro benzene ring substituents is 1. The van der Waals surface area contributed by atoms with E-state index in [0.717, 1.165) is 0 Å². The monoisotopic (exact) mass is 328 g/mol. The molecule has 0 heterocycles. The van der Waals surface area contributed by atoms with E-state index in [4.69, 9.17) is 11.6 Å². The Labute approximate surface area is 134 Å². The maximum absolute atomic E-state index is 11.6. The molecular formula is C14H21ClN4O3. The number of hydrogen-bond acceptors (Lipinski definition) is 5. The van der Waals surface area contributed by atoms with Crippen LogP contribution in [0.1, 0.15) is 20.8 Å². The van der Waals surface area contributed by atoms with E-state index in [9.17, 15) is 14.9 Å². The van der Waals surface area contributed by atoms with E-state index in [-0.39, 0.29) is 28.7 Å². The molecule has 0 aliphatic heterocycles. The quantitative estimate of drug-likeness (QED) is 0.405. The number of halogens is 1. The van der Waals surface area contributed by atoms with Crippen LogP contribution in [-0.4, -0.2) is 36.0 Å². The molecule has 0 atom stereocenters. The lowest BCUT2D eigenvalue weighted by Gasteiger charge is -2.20. The maximum Gasteiger partial charge on any atom is 0.271 e. The van der Waals surface area contributed by atoms with Gasteiger partial charge in [0.05, 0.1) is 22.2 Å². The number of carbonyl (C=O) groups is 1. The molecule has 122 valence electrons. The largest absolute Gasteiger partial charge is 0.382 e. The summed E-state index contributed by atoms with van der Waals surface area (Å²) in [6, 6.07) is 4.21. The molecule has 0 saturated carbocycles. The van der Waals surface area contributed by atoms with Gasteiger partial charge in [0, 0.05) is 30.8 Å². The van der Waals surface area contributed by atoms with Crippen molar-refractivity contribution in [3.63, 3.8) is 0 Å².